The second-order valence-corrected chi connectivity index (χ2v) is 8.18. The van der Waals surface area contributed by atoms with Crippen molar-refractivity contribution in [2.45, 2.75) is 57.4 Å². The van der Waals surface area contributed by atoms with Gasteiger partial charge < -0.3 is 0 Å². The number of hydrogen-bond donors (Lipinski definition) is 0. The van der Waals surface area contributed by atoms with Crippen molar-refractivity contribution in [3.63, 3.8) is 0 Å². The van der Waals surface area contributed by atoms with Crippen molar-refractivity contribution in [2.24, 2.45) is 5.92 Å². The van der Waals surface area contributed by atoms with Crippen molar-refractivity contribution in [3.05, 3.63) is 29.3 Å². The van der Waals surface area contributed by atoms with Crippen molar-refractivity contribution in [1.82, 2.24) is 4.31 Å². The van der Waals surface area contributed by atoms with E-state index in [0.29, 0.717) is 16.7 Å². The smallest absolute Gasteiger partial charge is 0.207 e. The average molecular weight is 332 g/mol. The highest BCUT2D eigenvalue weighted by atomic mass is 35.5. The summed E-state index contributed by atoms with van der Waals surface area (Å²) >= 11 is 5.94. The van der Waals surface area contributed by atoms with Gasteiger partial charge in [0.1, 0.15) is 0 Å². The second-order valence-electron chi connectivity index (χ2n) is 5.92. The molecule has 0 radical (unpaired) electrons. The van der Waals surface area contributed by atoms with E-state index in [0.717, 1.165) is 24.0 Å². The van der Waals surface area contributed by atoms with Crippen molar-refractivity contribution >= 4 is 21.6 Å². The van der Waals surface area contributed by atoms with Crippen molar-refractivity contribution in [1.29, 1.82) is 0 Å². The maximum atomic E-state index is 12.7. The molecule has 0 fully saturated rings. The molecule has 3 nitrogen and oxygen atoms in total. The second kappa shape index (κ2) is 7.61. The first kappa shape index (κ1) is 18.5. The molecule has 1 aromatic rings. The zero-order chi connectivity index (χ0) is 16.2. The van der Waals surface area contributed by atoms with Crippen LogP contribution in [0.3, 0.4) is 0 Å². The molecule has 0 N–H and O–H groups in total. The third-order valence-electron chi connectivity index (χ3n) is 3.81. The minimum atomic E-state index is -3.47. The summed E-state index contributed by atoms with van der Waals surface area (Å²) in [6, 6.07) is 5.23. The molecule has 21 heavy (non-hydrogen) atoms. The van der Waals surface area contributed by atoms with Gasteiger partial charge in [-0.05, 0) is 48.9 Å². The van der Waals surface area contributed by atoms with Gasteiger partial charge in [0.2, 0.25) is 10.0 Å². The molecule has 1 rings (SSSR count). The van der Waals surface area contributed by atoms with E-state index in [1.54, 1.807) is 19.2 Å². The van der Waals surface area contributed by atoms with E-state index in [9.17, 15) is 8.42 Å². The van der Waals surface area contributed by atoms with Gasteiger partial charge in [0.05, 0.1) is 4.90 Å². The van der Waals surface area contributed by atoms with Gasteiger partial charge in [-0.15, -0.1) is 11.6 Å². The fourth-order valence-corrected chi connectivity index (χ4v) is 4.14. The van der Waals surface area contributed by atoms with E-state index < -0.39 is 10.0 Å². The van der Waals surface area contributed by atoms with Crippen LogP contribution in [0.1, 0.15) is 45.2 Å². The Balaban J connectivity index is 3.13. The van der Waals surface area contributed by atoms with Crippen LogP contribution in [-0.4, -0.2) is 25.8 Å². The van der Waals surface area contributed by atoms with Crippen LogP contribution in [0.4, 0.5) is 0 Å². The molecule has 1 unspecified atom stereocenters. The van der Waals surface area contributed by atoms with Crippen LogP contribution in [0.5, 0.6) is 0 Å². The molecule has 0 saturated heterocycles. The summed E-state index contributed by atoms with van der Waals surface area (Å²) < 4.78 is 26.9. The number of rotatable bonds is 7. The summed E-state index contributed by atoms with van der Waals surface area (Å²) in [5.74, 6) is 0.788. The van der Waals surface area contributed by atoms with E-state index in [-0.39, 0.29) is 6.04 Å². The van der Waals surface area contributed by atoms with Crippen molar-refractivity contribution in [3.8, 4) is 0 Å². The Hall–Kier alpha value is -0.580. The number of aryl methyl sites for hydroxylation is 1. The first-order valence-electron chi connectivity index (χ1n) is 7.39. The Morgan fingerprint density at radius 1 is 1.19 bits per heavy atom. The topological polar surface area (TPSA) is 37.4 Å². The maximum Gasteiger partial charge on any atom is 0.243 e. The van der Waals surface area contributed by atoms with Gasteiger partial charge in [-0.1, -0.05) is 26.8 Å². The molecule has 0 aromatic heterocycles. The predicted molar refractivity (Wildman–Crippen MR) is 89.2 cm³/mol. The van der Waals surface area contributed by atoms with Crippen LogP contribution < -0.4 is 0 Å². The van der Waals surface area contributed by atoms with Crippen LogP contribution in [0, 0.1) is 5.92 Å². The predicted octanol–water partition coefficient (Wildman–Crippen LogP) is 4.04. The summed E-state index contributed by atoms with van der Waals surface area (Å²) in [6.07, 6.45) is 1.69. The van der Waals surface area contributed by atoms with E-state index in [1.165, 1.54) is 4.31 Å². The fourth-order valence-electron chi connectivity index (χ4n) is 2.47. The Labute approximate surface area is 134 Å². The zero-order valence-corrected chi connectivity index (χ0v) is 15.1. The number of hydrogen-bond acceptors (Lipinski definition) is 2. The summed E-state index contributed by atoms with van der Waals surface area (Å²) in [7, 11) is -1.82. The molecule has 0 spiro atoms. The van der Waals surface area contributed by atoms with Crippen LogP contribution >= 0.6 is 11.6 Å². The largest absolute Gasteiger partial charge is 0.243 e. The van der Waals surface area contributed by atoms with Gasteiger partial charge in [-0.3, -0.25) is 0 Å². The van der Waals surface area contributed by atoms with E-state index in [4.69, 9.17) is 11.6 Å². The number of benzene rings is 1. The molecule has 0 bridgehead atoms. The zero-order valence-electron chi connectivity index (χ0n) is 13.6. The normalized spacial score (nSPS) is 13.9. The van der Waals surface area contributed by atoms with E-state index in [1.807, 2.05) is 19.9 Å². The monoisotopic (exact) mass is 331 g/mol. The van der Waals surface area contributed by atoms with Gasteiger partial charge in [-0.25, -0.2) is 8.42 Å². The third-order valence-corrected chi connectivity index (χ3v) is 6.07. The highest BCUT2D eigenvalue weighted by Gasteiger charge is 2.26. The molecule has 0 aliphatic heterocycles. The molecule has 0 heterocycles. The Morgan fingerprint density at radius 2 is 1.81 bits per heavy atom. The van der Waals surface area contributed by atoms with Crippen molar-refractivity contribution in [2.75, 3.05) is 7.05 Å². The van der Waals surface area contributed by atoms with Crippen LogP contribution in [0.2, 0.25) is 0 Å². The first-order chi connectivity index (χ1) is 9.73. The SMILES string of the molecule is CCc1ccc(S(=O)(=O)N(C)C(C)CC(C)C)cc1CCl. The van der Waals surface area contributed by atoms with Gasteiger partial charge in [-0.2, -0.15) is 4.31 Å². The Morgan fingerprint density at radius 3 is 2.29 bits per heavy atom. The lowest BCUT2D eigenvalue weighted by molar-refractivity contribution is 0.338. The minimum absolute atomic E-state index is 0.0275. The summed E-state index contributed by atoms with van der Waals surface area (Å²) in [4.78, 5) is 0.327. The minimum Gasteiger partial charge on any atom is -0.207 e. The quantitative estimate of drug-likeness (QED) is 0.707. The van der Waals surface area contributed by atoms with E-state index in [2.05, 4.69) is 13.8 Å². The third kappa shape index (κ3) is 4.44. The highest BCUT2D eigenvalue weighted by molar-refractivity contribution is 7.89. The number of halogens is 1. The van der Waals surface area contributed by atoms with Crippen LogP contribution in [0.15, 0.2) is 23.1 Å². The fraction of sp³-hybridized carbons (Fsp3) is 0.625. The summed E-state index contributed by atoms with van der Waals surface area (Å²) in [6.45, 7) is 8.17. The number of sulfonamides is 1. The van der Waals surface area contributed by atoms with Gasteiger partial charge >= 0.3 is 0 Å². The molecule has 0 aliphatic carbocycles. The first-order valence-corrected chi connectivity index (χ1v) is 9.37. The lowest BCUT2D eigenvalue weighted by Crippen LogP contribution is -2.36. The highest BCUT2D eigenvalue weighted by Crippen LogP contribution is 2.23. The van der Waals surface area contributed by atoms with Gasteiger partial charge in [0, 0.05) is 19.0 Å². The Kier molecular flexibility index (Phi) is 6.70. The molecular weight excluding hydrogens is 306 g/mol. The van der Waals surface area contributed by atoms with Crippen molar-refractivity contribution < 1.29 is 8.42 Å². The molecule has 120 valence electrons. The Bertz CT molecular complexity index is 570. The molecule has 0 aliphatic rings. The van der Waals surface area contributed by atoms with Gasteiger partial charge in [0.25, 0.3) is 0 Å². The van der Waals surface area contributed by atoms with E-state index >= 15 is 0 Å². The lowest BCUT2D eigenvalue weighted by Gasteiger charge is -2.26. The molecule has 1 atom stereocenters. The standard InChI is InChI=1S/C16H26ClNO2S/c1-6-14-7-8-16(10-15(14)11-17)21(19,20)18(5)13(4)9-12(2)3/h7-8,10,12-13H,6,9,11H2,1-5H3. The van der Waals surface area contributed by atoms with Crippen LogP contribution in [0.25, 0.3) is 0 Å². The molecule has 0 amide bonds. The average Bonchev–Trinajstić information content (AvgIpc) is 2.44. The van der Waals surface area contributed by atoms with Gasteiger partial charge in [0.15, 0.2) is 0 Å². The molecular formula is C16H26ClNO2S. The summed E-state index contributed by atoms with van der Waals surface area (Å²) in [5, 5.41) is 0. The lowest BCUT2D eigenvalue weighted by atomic mass is 10.1. The number of nitrogens with zero attached hydrogens (tertiary/aromatic N) is 1. The molecule has 1 aromatic carbocycles. The molecule has 5 heteroatoms. The number of alkyl halides is 1. The summed E-state index contributed by atoms with van der Waals surface area (Å²) in [5.41, 5.74) is 1.99. The molecule has 0 saturated carbocycles. The van der Waals surface area contributed by atoms with Crippen LogP contribution in [-0.2, 0) is 22.3 Å². The maximum absolute atomic E-state index is 12.7.